The number of aromatic nitrogens is 2. The molecular weight excluding hydrogens is 424 g/mol. The number of benzene rings is 1. The lowest BCUT2D eigenvalue weighted by Gasteiger charge is -2.35. The summed E-state index contributed by atoms with van der Waals surface area (Å²) in [7, 11) is 0. The Balaban J connectivity index is 1.40. The smallest absolute Gasteiger partial charge is 0.255 e. The van der Waals surface area contributed by atoms with Crippen molar-refractivity contribution in [3.63, 3.8) is 0 Å². The van der Waals surface area contributed by atoms with E-state index in [1.54, 1.807) is 29.3 Å². The Morgan fingerprint density at radius 3 is 2.66 bits per heavy atom. The van der Waals surface area contributed by atoms with Crippen molar-refractivity contribution in [1.29, 1.82) is 0 Å². The van der Waals surface area contributed by atoms with Crippen molar-refractivity contribution in [2.75, 3.05) is 31.1 Å². The van der Waals surface area contributed by atoms with Crippen LogP contribution in [0.25, 0.3) is 0 Å². The maximum absolute atomic E-state index is 13.2. The first kappa shape index (κ1) is 20.2. The molecule has 150 valence electrons. The fraction of sp³-hybridized carbons (Fsp3) is 0.286. The highest BCUT2D eigenvalue weighted by molar-refractivity contribution is 7.98. The topological polar surface area (TPSA) is 49.3 Å². The minimum absolute atomic E-state index is 0.0891. The first-order valence-corrected chi connectivity index (χ1v) is 11.6. The van der Waals surface area contributed by atoms with E-state index in [9.17, 15) is 4.79 Å². The predicted octanol–water partition coefficient (Wildman–Crippen LogP) is 4.75. The molecule has 8 heteroatoms. The number of nitrogens with zero attached hydrogens (tertiary/aromatic N) is 4. The summed E-state index contributed by atoms with van der Waals surface area (Å²) in [6.07, 6.45) is 1.66. The van der Waals surface area contributed by atoms with Crippen LogP contribution < -0.4 is 4.90 Å². The van der Waals surface area contributed by atoms with Gasteiger partial charge in [0.25, 0.3) is 5.91 Å². The molecule has 1 amide bonds. The molecule has 3 heterocycles. The first-order chi connectivity index (χ1) is 14.1. The van der Waals surface area contributed by atoms with Gasteiger partial charge in [0.15, 0.2) is 0 Å². The molecule has 0 unspecified atom stereocenters. The number of carbonyl (C=O) groups excluding carboxylic acids is 1. The molecule has 1 aliphatic heterocycles. The number of amides is 1. The van der Waals surface area contributed by atoms with Crippen LogP contribution in [0.15, 0.2) is 52.9 Å². The fourth-order valence-corrected chi connectivity index (χ4v) is 5.03. The maximum Gasteiger partial charge on any atom is 0.255 e. The molecule has 0 radical (unpaired) electrons. The molecule has 0 atom stereocenters. The molecule has 0 N–H and O–H groups in total. The Morgan fingerprint density at radius 2 is 1.97 bits per heavy atom. The van der Waals surface area contributed by atoms with E-state index in [1.165, 1.54) is 0 Å². The number of hydrogen-bond acceptors (Lipinski definition) is 6. The predicted molar refractivity (Wildman–Crippen MR) is 120 cm³/mol. The highest BCUT2D eigenvalue weighted by atomic mass is 35.5. The van der Waals surface area contributed by atoms with Crippen molar-refractivity contribution < 1.29 is 4.79 Å². The molecule has 1 saturated heterocycles. The van der Waals surface area contributed by atoms with Gasteiger partial charge in [-0.15, -0.1) is 23.1 Å². The Labute approximate surface area is 183 Å². The number of thioether (sulfide) groups is 1. The second-order valence-corrected chi connectivity index (χ2v) is 9.27. The van der Waals surface area contributed by atoms with Crippen LogP contribution in [-0.2, 0) is 5.75 Å². The van der Waals surface area contributed by atoms with E-state index in [0.29, 0.717) is 18.1 Å². The van der Waals surface area contributed by atoms with Crippen molar-refractivity contribution in [2.24, 2.45) is 0 Å². The van der Waals surface area contributed by atoms with Gasteiger partial charge in [0, 0.05) is 48.4 Å². The number of carbonyl (C=O) groups is 1. The monoisotopic (exact) mass is 444 g/mol. The number of halogens is 1. The summed E-state index contributed by atoms with van der Waals surface area (Å²) in [5.74, 6) is 1.76. The lowest BCUT2D eigenvalue weighted by atomic mass is 10.2. The van der Waals surface area contributed by atoms with Crippen LogP contribution in [0.2, 0.25) is 5.02 Å². The van der Waals surface area contributed by atoms with E-state index in [4.69, 9.17) is 11.6 Å². The second-order valence-electron chi connectivity index (χ2n) is 6.76. The van der Waals surface area contributed by atoms with Crippen LogP contribution in [0.1, 0.15) is 21.1 Å². The third-order valence-corrected chi connectivity index (χ3v) is 6.92. The highest BCUT2D eigenvalue weighted by Crippen LogP contribution is 2.28. The average Bonchev–Trinajstić information content (AvgIpc) is 3.18. The summed E-state index contributed by atoms with van der Waals surface area (Å²) < 4.78 is 0. The largest absolute Gasteiger partial charge is 0.353 e. The van der Waals surface area contributed by atoms with Gasteiger partial charge in [-0.05, 0) is 31.2 Å². The average molecular weight is 445 g/mol. The van der Waals surface area contributed by atoms with Gasteiger partial charge in [-0.25, -0.2) is 9.97 Å². The lowest BCUT2D eigenvalue weighted by Crippen LogP contribution is -2.49. The molecule has 1 fully saturated rings. The van der Waals surface area contributed by atoms with Crippen LogP contribution in [0, 0.1) is 6.92 Å². The summed E-state index contributed by atoms with van der Waals surface area (Å²) in [6, 6.07) is 11.6. The van der Waals surface area contributed by atoms with Crippen LogP contribution in [-0.4, -0.2) is 47.0 Å². The zero-order valence-electron chi connectivity index (χ0n) is 16.0. The van der Waals surface area contributed by atoms with Crippen molar-refractivity contribution in [1.82, 2.24) is 14.9 Å². The van der Waals surface area contributed by atoms with Crippen molar-refractivity contribution >= 4 is 46.4 Å². The number of thiazole rings is 1. The quantitative estimate of drug-likeness (QED) is 0.531. The molecule has 1 aliphatic rings. The molecule has 0 saturated carbocycles. The molecule has 5 nitrogen and oxygen atoms in total. The maximum atomic E-state index is 13.2. The van der Waals surface area contributed by atoms with E-state index in [0.717, 1.165) is 45.8 Å². The van der Waals surface area contributed by atoms with Gasteiger partial charge in [0.2, 0.25) is 0 Å². The van der Waals surface area contributed by atoms with Crippen molar-refractivity contribution in [3.05, 3.63) is 69.3 Å². The van der Waals surface area contributed by atoms with Gasteiger partial charge in [-0.2, -0.15) is 0 Å². The number of pyridine rings is 1. The molecule has 4 rings (SSSR count). The molecule has 1 aromatic carbocycles. The van der Waals surface area contributed by atoms with E-state index in [-0.39, 0.29) is 5.91 Å². The van der Waals surface area contributed by atoms with Gasteiger partial charge in [-0.1, -0.05) is 23.7 Å². The van der Waals surface area contributed by atoms with Gasteiger partial charge in [0.1, 0.15) is 5.82 Å². The Bertz CT molecular complexity index is 984. The molecule has 2 aromatic heterocycles. The molecule has 0 bridgehead atoms. The van der Waals surface area contributed by atoms with E-state index in [2.05, 4.69) is 20.2 Å². The van der Waals surface area contributed by atoms with Crippen molar-refractivity contribution in [3.8, 4) is 0 Å². The fourth-order valence-electron chi connectivity index (χ4n) is 3.26. The van der Waals surface area contributed by atoms with Crippen LogP contribution >= 0.6 is 34.7 Å². The van der Waals surface area contributed by atoms with Gasteiger partial charge in [-0.3, -0.25) is 4.79 Å². The minimum atomic E-state index is 0.0891. The van der Waals surface area contributed by atoms with Crippen LogP contribution in [0.5, 0.6) is 0 Å². The number of aryl methyl sites for hydroxylation is 1. The Hall–Kier alpha value is -2.09. The number of rotatable bonds is 5. The summed E-state index contributed by atoms with van der Waals surface area (Å²) in [5, 5.41) is 3.78. The summed E-state index contributed by atoms with van der Waals surface area (Å²) in [4.78, 5) is 27.2. The third kappa shape index (κ3) is 4.91. The Kier molecular flexibility index (Phi) is 6.37. The lowest BCUT2D eigenvalue weighted by molar-refractivity contribution is 0.0743. The standard InChI is InChI=1S/C21H21ClN4OS2/c1-15-24-17(13-28-15)14-29-19-5-3-2-4-18(19)21(27)26-10-8-25(9-11-26)20-7-6-16(22)12-23-20/h2-7,12-13H,8-11,14H2,1H3. The van der Waals surface area contributed by atoms with Gasteiger partial charge < -0.3 is 9.80 Å². The van der Waals surface area contributed by atoms with Crippen LogP contribution in [0.4, 0.5) is 5.82 Å². The number of anilines is 1. The molecule has 3 aromatic rings. The highest BCUT2D eigenvalue weighted by Gasteiger charge is 2.24. The van der Waals surface area contributed by atoms with Crippen molar-refractivity contribution in [2.45, 2.75) is 17.6 Å². The number of hydrogen-bond donors (Lipinski definition) is 0. The molecule has 0 aliphatic carbocycles. The normalized spacial score (nSPS) is 14.3. The molecular formula is C21H21ClN4OS2. The van der Waals surface area contributed by atoms with E-state index < -0.39 is 0 Å². The SMILES string of the molecule is Cc1nc(CSc2ccccc2C(=O)N2CCN(c3ccc(Cl)cn3)CC2)cs1. The zero-order valence-corrected chi connectivity index (χ0v) is 18.4. The number of piperazine rings is 1. The van der Waals surface area contributed by atoms with E-state index >= 15 is 0 Å². The zero-order chi connectivity index (χ0) is 20.2. The minimum Gasteiger partial charge on any atom is -0.353 e. The van der Waals surface area contributed by atoms with Gasteiger partial charge in [0.05, 0.1) is 21.3 Å². The summed E-state index contributed by atoms with van der Waals surface area (Å²) >= 11 is 9.25. The summed E-state index contributed by atoms with van der Waals surface area (Å²) in [5.41, 5.74) is 1.83. The third-order valence-electron chi connectivity index (χ3n) is 4.76. The van der Waals surface area contributed by atoms with Gasteiger partial charge >= 0.3 is 0 Å². The molecule has 0 spiro atoms. The Morgan fingerprint density at radius 1 is 1.17 bits per heavy atom. The second kappa shape index (κ2) is 9.15. The van der Waals surface area contributed by atoms with E-state index in [1.807, 2.05) is 48.2 Å². The van der Waals surface area contributed by atoms with Crippen LogP contribution in [0.3, 0.4) is 0 Å². The first-order valence-electron chi connectivity index (χ1n) is 9.39. The molecule has 29 heavy (non-hydrogen) atoms. The summed E-state index contributed by atoms with van der Waals surface area (Å²) in [6.45, 7) is 4.87.